The molecule has 6 heteroatoms. The van der Waals surface area contributed by atoms with E-state index in [9.17, 15) is 9.90 Å². The SMILES string of the molecule is CC(C)(C)OC(=O)N1CCC2(CC1)CN(C(C)(C)C)CC(CO)O2. The molecule has 24 heavy (non-hydrogen) atoms. The number of amides is 1. The number of piperidine rings is 1. The number of nitrogens with zero attached hydrogens (tertiary/aromatic N) is 2. The first kappa shape index (κ1) is 19.5. The van der Waals surface area contributed by atoms with Crippen LogP contribution in [0, 0.1) is 0 Å². The van der Waals surface area contributed by atoms with E-state index in [1.807, 2.05) is 20.8 Å². The summed E-state index contributed by atoms with van der Waals surface area (Å²) in [6.07, 6.45) is 1.13. The van der Waals surface area contributed by atoms with Crippen LogP contribution in [0.3, 0.4) is 0 Å². The Hall–Kier alpha value is -0.850. The van der Waals surface area contributed by atoms with Gasteiger partial charge in [0.25, 0.3) is 0 Å². The standard InChI is InChI=1S/C18H34N2O4/c1-16(2,3)20-11-14(12-21)23-18(13-20)7-9-19(10-8-18)15(22)24-17(4,5)6/h14,21H,7-13H2,1-6H3. The molecule has 1 spiro atoms. The Bertz CT molecular complexity index is 445. The number of likely N-dealkylation sites (tertiary alicyclic amines) is 1. The van der Waals surface area contributed by atoms with E-state index in [-0.39, 0.29) is 29.9 Å². The van der Waals surface area contributed by atoms with Gasteiger partial charge in [0.2, 0.25) is 0 Å². The Morgan fingerprint density at radius 1 is 1.21 bits per heavy atom. The molecule has 0 saturated carbocycles. The lowest BCUT2D eigenvalue weighted by atomic mass is 9.87. The molecule has 0 aromatic carbocycles. The summed E-state index contributed by atoms with van der Waals surface area (Å²) in [7, 11) is 0. The zero-order chi connectivity index (χ0) is 18.2. The lowest BCUT2D eigenvalue weighted by Gasteiger charge is -2.53. The third-order valence-corrected chi connectivity index (χ3v) is 4.80. The van der Waals surface area contributed by atoms with Crippen LogP contribution in [-0.2, 0) is 9.47 Å². The minimum atomic E-state index is -0.474. The van der Waals surface area contributed by atoms with Crippen molar-refractivity contribution in [1.29, 1.82) is 0 Å². The number of hydrogen-bond acceptors (Lipinski definition) is 5. The fourth-order valence-corrected chi connectivity index (χ4v) is 3.39. The number of rotatable bonds is 1. The van der Waals surface area contributed by atoms with Crippen molar-refractivity contribution in [1.82, 2.24) is 9.80 Å². The molecule has 0 aromatic heterocycles. The van der Waals surface area contributed by atoms with Crippen LogP contribution in [0.25, 0.3) is 0 Å². The van der Waals surface area contributed by atoms with Gasteiger partial charge in [-0.3, -0.25) is 4.90 Å². The van der Waals surface area contributed by atoms with Gasteiger partial charge in [0.05, 0.1) is 18.3 Å². The molecule has 0 radical (unpaired) electrons. The van der Waals surface area contributed by atoms with E-state index < -0.39 is 5.60 Å². The smallest absolute Gasteiger partial charge is 0.410 e. The lowest BCUT2D eigenvalue weighted by molar-refractivity contribution is -0.196. The molecule has 1 N–H and O–H groups in total. The Balaban J connectivity index is 2.01. The second-order valence-electron chi connectivity index (χ2n) is 9.12. The number of hydrogen-bond donors (Lipinski definition) is 1. The van der Waals surface area contributed by atoms with E-state index in [1.54, 1.807) is 4.90 Å². The second kappa shape index (κ2) is 6.81. The van der Waals surface area contributed by atoms with E-state index in [1.165, 1.54) is 0 Å². The first-order chi connectivity index (χ1) is 10.9. The topological polar surface area (TPSA) is 62.2 Å². The monoisotopic (exact) mass is 342 g/mol. The molecule has 0 aromatic rings. The molecule has 1 amide bonds. The quantitative estimate of drug-likeness (QED) is 0.792. The first-order valence-electron chi connectivity index (χ1n) is 8.96. The van der Waals surface area contributed by atoms with Crippen LogP contribution in [-0.4, -0.2) is 76.6 Å². The van der Waals surface area contributed by atoms with Crippen LogP contribution in [0.4, 0.5) is 4.79 Å². The average Bonchev–Trinajstić information content (AvgIpc) is 2.44. The maximum atomic E-state index is 12.2. The van der Waals surface area contributed by atoms with Crippen molar-refractivity contribution in [2.75, 3.05) is 32.8 Å². The number of carbonyl (C=O) groups excluding carboxylic acids is 1. The summed E-state index contributed by atoms with van der Waals surface area (Å²) in [4.78, 5) is 16.4. The number of morpholine rings is 1. The van der Waals surface area contributed by atoms with Gasteiger partial charge >= 0.3 is 6.09 Å². The van der Waals surface area contributed by atoms with Gasteiger partial charge in [-0.2, -0.15) is 0 Å². The number of carbonyl (C=O) groups is 1. The second-order valence-corrected chi connectivity index (χ2v) is 9.12. The lowest BCUT2D eigenvalue weighted by Crippen LogP contribution is -2.64. The summed E-state index contributed by atoms with van der Waals surface area (Å²) in [5.41, 5.74) is -0.720. The summed E-state index contributed by atoms with van der Waals surface area (Å²) >= 11 is 0. The highest BCUT2D eigenvalue weighted by atomic mass is 16.6. The number of aliphatic hydroxyl groups is 1. The Morgan fingerprint density at radius 2 is 1.79 bits per heavy atom. The molecule has 2 aliphatic heterocycles. The predicted molar refractivity (Wildman–Crippen MR) is 93.1 cm³/mol. The van der Waals surface area contributed by atoms with Crippen LogP contribution in [0.5, 0.6) is 0 Å². The Labute approximate surface area is 146 Å². The van der Waals surface area contributed by atoms with E-state index in [0.29, 0.717) is 13.1 Å². The van der Waals surface area contributed by atoms with Crippen LogP contribution >= 0.6 is 0 Å². The van der Waals surface area contributed by atoms with Gasteiger partial charge in [0.1, 0.15) is 5.60 Å². The van der Waals surface area contributed by atoms with Crippen molar-refractivity contribution in [2.45, 2.75) is 77.2 Å². The van der Waals surface area contributed by atoms with Crippen LogP contribution < -0.4 is 0 Å². The van der Waals surface area contributed by atoms with E-state index in [2.05, 4.69) is 25.7 Å². The third-order valence-electron chi connectivity index (χ3n) is 4.80. The molecule has 0 aliphatic carbocycles. The van der Waals surface area contributed by atoms with Crippen molar-refractivity contribution in [3.8, 4) is 0 Å². The maximum Gasteiger partial charge on any atom is 0.410 e. The van der Waals surface area contributed by atoms with Crippen molar-refractivity contribution < 1.29 is 19.4 Å². The molecule has 2 rings (SSSR count). The summed E-state index contributed by atoms with van der Waals surface area (Å²) < 4.78 is 11.7. The molecule has 2 heterocycles. The van der Waals surface area contributed by atoms with Crippen LogP contribution in [0.1, 0.15) is 54.4 Å². The fourth-order valence-electron chi connectivity index (χ4n) is 3.39. The van der Waals surface area contributed by atoms with Gasteiger partial charge in [0.15, 0.2) is 0 Å². The minimum Gasteiger partial charge on any atom is -0.444 e. The predicted octanol–water partition coefficient (Wildman–Crippen LogP) is 2.25. The Morgan fingerprint density at radius 3 is 2.25 bits per heavy atom. The van der Waals surface area contributed by atoms with Gasteiger partial charge in [-0.15, -0.1) is 0 Å². The highest BCUT2D eigenvalue weighted by Crippen LogP contribution is 2.35. The summed E-state index contributed by atoms with van der Waals surface area (Å²) in [5.74, 6) is 0. The largest absolute Gasteiger partial charge is 0.444 e. The fraction of sp³-hybridized carbons (Fsp3) is 0.944. The van der Waals surface area contributed by atoms with Crippen LogP contribution in [0.15, 0.2) is 0 Å². The molecule has 1 unspecified atom stereocenters. The summed E-state index contributed by atoms with van der Waals surface area (Å²) in [6, 6.07) is 0. The van der Waals surface area contributed by atoms with Gasteiger partial charge in [0, 0.05) is 31.7 Å². The van der Waals surface area contributed by atoms with E-state index in [0.717, 1.165) is 25.9 Å². The van der Waals surface area contributed by atoms with Gasteiger partial charge in [-0.25, -0.2) is 4.79 Å². The van der Waals surface area contributed by atoms with Crippen molar-refractivity contribution >= 4 is 6.09 Å². The highest BCUT2D eigenvalue weighted by molar-refractivity contribution is 5.68. The summed E-state index contributed by atoms with van der Waals surface area (Å²) in [5, 5.41) is 9.62. The van der Waals surface area contributed by atoms with Crippen molar-refractivity contribution in [3.05, 3.63) is 0 Å². The molecule has 6 nitrogen and oxygen atoms in total. The minimum absolute atomic E-state index is 0.0319. The van der Waals surface area contributed by atoms with Gasteiger partial charge < -0.3 is 19.5 Å². The molecular weight excluding hydrogens is 308 g/mol. The zero-order valence-electron chi connectivity index (χ0n) is 16.1. The Kier molecular flexibility index (Phi) is 5.52. The molecular formula is C18H34N2O4. The number of aliphatic hydroxyl groups excluding tert-OH is 1. The molecule has 140 valence electrons. The van der Waals surface area contributed by atoms with Crippen LogP contribution in [0.2, 0.25) is 0 Å². The van der Waals surface area contributed by atoms with E-state index >= 15 is 0 Å². The molecule has 1 atom stereocenters. The normalized spacial score (nSPS) is 25.8. The molecule has 0 bridgehead atoms. The third kappa shape index (κ3) is 4.83. The first-order valence-corrected chi connectivity index (χ1v) is 8.96. The van der Waals surface area contributed by atoms with Gasteiger partial charge in [-0.1, -0.05) is 0 Å². The van der Waals surface area contributed by atoms with Gasteiger partial charge in [-0.05, 0) is 54.4 Å². The zero-order valence-corrected chi connectivity index (χ0v) is 16.1. The number of ether oxygens (including phenoxy) is 2. The van der Waals surface area contributed by atoms with Crippen molar-refractivity contribution in [3.63, 3.8) is 0 Å². The maximum absolute atomic E-state index is 12.2. The summed E-state index contributed by atoms with van der Waals surface area (Å²) in [6.45, 7) is 15.1. The molecule has 2 saturated heterocycles. The highest BCUT2D eigenvalue weighted by Gasteiger charge is 2.46. The molecule has 2 aliphatic rings. The van der Waals surface area contributed by atoms with Crippen molar-refractivity contribution in [2.24, 2.45) is 0 Å². The van der Waals surface area contributed by atoms with E-state index in [4.69, 9.17) is 9.47 Å². The molecule has 2 fully saturated rings. The average molecular weight is 342 g/mol.